The van der Waals surface area contributed by atoms with Gasteiger partial charge in [-0.2, -0.15) is 8.39 Å². The number of rotatable bonds is 3. The van der Waals surface area contributed by atoms with Crippen molar-refractivity contribution in [2.45, 2.75) is 0 Å². The molecule has 0 spiro atoms. The third kappa shape index (κ3) is 7.25. The lowest BCUT2D eigenvalue weighted by Gasteiger charge is -2.01. The molecule has 0 saturated carbocycles. The highest BCUT2D eigenvalue weighted by Gasteiger charge is 2.18. The molecule has 0 aromatic rings. The minimum absolute atomic E-state index is 0.336. The van der Waals surface area contributed by atoms with E-state index in [2.05, 4.69) is 4.74 Å². The minimum atomic E-state index is -5.00. The number of hydrogen-bond acceptors (Lipinski definition) is 3. The summed E-state index contributed by atoms with van der Waals surface area (Å²) in [5, 5.41) is 1.98. The van der Waals surface area contributed by atoms with Crippen LogP contribution in [0.1, 0.15) is 0 Å². The Balaban J connectivity index is 3.43. The summed E-state index contributed by atoms with van der Waals surface area (Å²) in [6.07, 6.45) is -1.62. The molecule has 0 fully saturated rings. The van der Waals surface area contributed by atoms with Crippen LogP contribution in [0.3, 0.4) is 0 Å². The molecular formula is C4H8F2NO3P. The first-order chi connectivity index (χ1) is 4.95. The Morgan fingerprint density at radius 3 is 2.55 bits per heavy atom. The summed E-state index contributed by atoms with van der Waals surface area (Å²) in [5.41, 5.74) is 0. The molecule has 1 amide bonds. The molecule has 0 aliphatic rings. The van der Waals surface area contributed by atoms with E-state index in [4.69, 9.17) is 0 Å². The van der Waals surface area contributed by atoms with Gasteiger partial charge in [0.1, 0.15) is 0 Å². The molecule has 0 aromatic heterocycles. The zero-order valence-electron chi connectivity index (χ0n) is 5.84. The fraction of sp³-hybridized carbons (Fsp3) is 0.750. The SMILES string of the molecule is COC(=O)NCCP(=O)(F)F. The number of carbonyl (C=O) groups is 1. The van der Waals surface area contributed by atoms with E-state index in [1.54, 1.807) is 0 Å². The maximum atomic E-state index is 11.6. The van der Waals surface area contributed by atoms with Gasteiger partial charge in [0, 0.05) is 6.54 Å². The molecule has 0 radical (unpaired) electrons. The van der Waals surface area contributed by atoms with Crippen molar-refractivity contribution in [3.63, 3.8) is 0 Å². The predicted molar refractivity (Wildman–Crippen MR) is 35.1 cm³/mol. The third-order valence-electron chi connectivity index (χ3n) is 0.827. The van der Waals surface area contributed by atoms with Gasteiger partial charge < -0.3 is 10.1 Å². The summed E-state index contributed by atoms with van der Waals surface area (Å²) in [6, 6.07) is 0. The third-order valence-corrected chi connectivity index (χ3v) is 1.57. The van der Waals surface area contributed by atoms with E-state index in [9.17, 15) is 17.8 Å². The average molecular weight is 187 g/mol. The second-order valence-electron chi connectivity index (χ2n) is 1.71. The van der Waals surface area contributed by atoms with E-state index < -0.39 is 20.0 Å². The van der Waals surface area contributed by atoms with E-state index in [0.717, 1.165) is 7.11 Å². The van der Waals surface area contributed by atoms with Crippen molar-refractivity contribution in [1.82, 2.24) is 5.32 Å². The highest BCUT2D eigenvalue weighted by molar-refractivity contribution is 7.52. The Morgan fingerprint density at radius 1 is 1.64 bits per heavy atom. The molecule has 0 aliphatic heterocycles. The van der Waals surface area contributed by atoms with Crippen molar-refractivity contribution in [1.29, 1.82) is 0 Å². The number of alkyl carbamates (subject to hydrolysis) is 1. The molecule has 11 heavy (non-hydrogen) atoms. The van der Waals surface area contributed by atoms with Gasteiger partial charge in [-0.05, 0) is 0 Å². The van der Waals surface area contributed by atoms with Crippen LogP contribution in [0.25, 0.3) is 0 Å². The second kappa shape index (κ2) is 4.28. The van der Waals surface area contributed by atoms with Crippen molar-refractivity contribution in [3.8, 4) is 0 Å². The molecule has 0 saturated heterocycles. The average Bonchev–Trinajstić information content (AvgIpc) is 1.85. The molecule has 0 atom stereocenters. The van der Waals surface area contributed by atoms with E-state index >= 15 is 0 Å². The Labute approximate surface area is 62.5 Å². The van der Waals surface area contributed by atoms with Crippen molar-refractivity contribution in [3.05, 3.63) is 0 Å². The molecule has 0 unspecified atom stereocenters. The fourth-order valence-electron chi connectivity index (χ4n) is 0.360. The molecular weight excluding hydrogens is 179 g/mol. The highest BCUT2D eigenvalue weighted by Crippen LogP contribution is 2.48. The summed E-state index contributed by atoms with van der Waals surface area (Å²) in [6.45, 7) is -0.336. The molecule has 4 nitrogen and oxygen atoms in total. The van der Waals surface area contributed by atoms with Crippen LogP contribution in [0.5, 0.6) is 0 Å². The largest absolute Gasteiger partial charge is 0.453 e. The summed E-state index contributed by atoms with van der Waals surface area (Å²) in [7, 11) is -3.89. The first-order valence-electron chi connectivity index (χ1n) is 2.76. The maximum absolute atomic E-state index is 11.6. The number of carbonyl (C=O) groups excluding carboxylic acids is 1. The van der Waals surface area contributed by atoms with Crippen molar-refractivity contribution in [2.24, 2.45) is 0 Å². The lowest BCUT2D eigenvalue weighted by atomic mass is 10.7. The van der Waals surface area contributed by atoms with Gasteiger partial charge in [0.05, 0.1) is 13.3 Å². The van der Waals surface area contributed by atoms with Crippen LogP contribution in [0.15, 0.2) is 0 Å². The first-order valence-corrected chi connectivity index (χ1v) is 4.43. The maximum Gasteiger partial charge on any atom is 0.406 e. The van der Waals surface area contributed by atoms with Gasteiger partial charge in [0.15, 0.2) is 0 Å². The molecule has 0 heterocycles. The molecule has 0 rings (SSSR count). The van der Waals surface area contributed by atoms with Crippen LogP contribution in [-0.2, 0) is 9.30 Å². The minimum Gasteiger partial charge on any atom is -0.453 e. The van der Waals surface area contributed by atoms with E-state index in [0.29, 0.717) is 0 Å². The Morgan fingerprint density at radius 2 is 2.18 bits per heavy atom. The predicted octanol–water partition coefficient (Wildman–Crippen LogP) is 1.47. The Kier molecular flexibility index (Phi) is 4.03. The van der Waals surface area contributed by atoms with Gasteiger partial charge in [-0.15, -0.1) is 0 Å². The number of hydrogen-bond donors (Lipinski definition) is 1. The zero-order valence-corrected chi connectivity index (χ0v) is 6.74. The van der Waals surface area contributed by atoms with Gasteiger partial charge in [0.25, 0.3) is 0 Å². The van der Waals surface area contributed by atoms with Crippen LogP contribution in [0.2, 0.25) is 0 Å². The summed E-state index contributed by atoms with van der Waals surface area (Å²) < 4.78 is 37.1. The van der Waals surface area contributed by atoms with Gasteiger partial charge in [-0.1, -0.05) is 0 Å². The molecule has 1 N–H and O–H groups in total. The number of halogens is 2. The van der Waals surface area contributed by atoms with E-state index in [1.807, 2.05) is 5.32 Å². The smallest absolute Gasteiger partial charge is 0.406 e. The molecule has 0 aliphatic carbocycles. The van der Waals surface area contributed by atoms with Crippen molar-refractivity contribution in [2.75, 3.05) is 19.8 Å². The second-order valence-corrected chi connectivity index (χ2v) is 3.30. The Bertz CT molecular complexity index is 180. The van der Waals surface area contributed by atoms with Gasteiger partial charge in [-0.25, -0.2) is 9.36 Å². The summed E-state index contributed by atoms with van der Waals surface area (Å²) in [5.74, 6) is 0. The molecule has 66 valence electrons. The number of methoxy groups -OCH3 is 1. The van der Waals surface area contributed by atoms with Crippen LogP contribution < -0.4 is 5.32 Å². The number of amides is 1. The quantitative estimate of drug-likeness (QED) is 0.680. The molecule has 0 bridgehead atoms. The first kappa shape index (κ1) is 10.4. The normalized spacial score (nSPS) is 10.8. The molecule has 0 aromatic carbocycles. The lowest BCUT2D eigenvalue weighted by Crippen LogP contribution is -2.25. The van der Waals surface area contributed by atoms with Gasteiger partial charge in [-0.3, -0.25) is 0 Å². The standard InChI is InChI=1S/C4H8F2NO3P/c1-10-4(8)7-2-3-11(5,6)9/h2-3H2,1H3,(H,7,8). The Hall–Kier alpha value is -0.640. The van der Waals surface area contributed by atoms with Gasteiger partial charge in [0.2, 0.25) is 0 Å². The molecule has 7 heteroatoms. The monoisotopic (exact) mass is 187 g/mol. The zero-order chi connectivity index (χ0) is 8.91. The summed E-state index contributed by atoms with van der Waals surface area (Å²) in [4.78, 5) is 10.2. The van der Waals surface area contributed by atoms with Crippen molar-refractivity contribution < 1.29 is 22.5 Å². The number of ether oxygens (including phenoxy) is 1. The highest BCUT2D eigenvalue weighted by atomic mass is 31.2. The number of nitrogens with one attached hydrogen (secondary N) is 1. The van der Waals surface area contributed by atoms with Crippen LogP contribution in [-0.4, -0.2) is 25.9 Å². The van der Waals surface area contributed by atoms with Crippen molar-refractivity contribution >= 4 is 13.9 Å². The topological polar surface area (TPSA) is 55.4 Å². The van der Waals surface area contributed by atoms with Crippen LogP contribution >= 0.6 is 7.76 Å². The van der Waals surface area contributed by atoms with Crippen LogP contribution in [0, 0.1) is 0 Å². The van der Waals surface area contributed by atoms with E-state index in [-0.39, 0.29) is 6.54 Å². The van der Waals surface area contributed by atoms with Crippen LogP contribution in [0.4, 0.5) is 13.2 Å². The van der Waals surface area contributed by atoms with Gasteiger partial charge >= 0.3 is 13.9 Å². The lowest BCUT2D eigenvalue weighted by molar-refractivity contribution is 0.171. The summed E-state index contributed by atoms with van der Waals surface area (Å²) >= 11 is 0. The van der Waals surface area contributed by atoms with E-state index in [1.165, 1.54) is 0 Å². The fourth-order valence-corrected chi connectivity index (χ4v) is 0.732.